The van der Waals surface area contributed by atoms with Crippen LogP contribution in [-0.2, 0) is 0 Å². The van der Waals surface area contributed by atoms with Gasteiger partial charge in [-0.25, -0.2) is 23.5 Å². The molecule has 0 radical (unpaired) electrons. The third-order valence-corrected chi connectivity index (χ3v) is 6.23. The van der Waals surface area contributed by atoms with Crippen molar-refractivity contribution in [2.75, 3.05) is 29.5 Å². The summed E-state index contributed by atoms with van der Waals surface area (Å²) < 4.78 is 34.6. The number of ether oxygens (including phenoxy) is 1. The Kier molecular flexibility index (Phi) is 5.35. The largest absolute Gasteiger partial charge is 0.474 e. The van der Waals surface area contributed by atoms with Gasteiger partial charge in [0.25, 0.3) is 0 Å². The number of rotatable bonds is 3. The van der Waals surface area contributed by atoms with Crippen LogP contribution in [0.25, 0.3) is 21.9 Å². The van der Waals surface area contributed by atoms with Gasteiger partial charge in [-0.15, -0.1) is 0 Å². The molecule has 3 heterocycles. The van der Waals surface area contributed by atoms with E-state index >= 15 is 4.39 Å². The first-order valence-corrected chi connectivity index (χ1v) is 10.9. The van der Waals surface area contributed by atoms with Crippen LogP contribution >= 0.6 is 0 Å². The number of carbonyl (C=O) groups is 1. The van der Waals surface area contributed by atoms with Crippen molar-refractivity contribution in [3.05, 3.63) is 35.9 Å². The molecule has 0 unspecified atom stereocenters. The van der Waals surface area contributed by atoms with Gasteiger partial charge in [-0.2, -0.15) is 0 Å². The van der Waals surface area contributed by atoms with Crippen molar-refractivity contribution in [3.8, 4) is 17.0 Å². The van der Waals surface area contributed by atoms with E-state index in [1.807, 2.05) is 6.92 Å². The van der Waals surface area contributed by atoms with Crippen LogP contribution in [0, 0.1) is 12.7 Å². The van der Waals surface area contributed by atoms with Gasteiger partial charge in [0.2, 0.25) is 5.88 Å². The highest BCUT2D eigenvalue weighted by Crippen LogP contribution is 2.39. The molecule has 1 aromatic carbocycles. The van der Waals surface area contributed by atoms with Crippen molar-refractivity contribution in [2.24, 2.45) is 0 Å². The Morgan fingerprint density at radius 1 is 1.24 bits per heavy atom. The lowest BCUT2D eigenvalue weighted by Crippen LogP contribution is -2.40. The average molecular weight is 454 g/mol. The molecule has 8 nitrogen and oxygen atoms in total. The fourth-order valence-corrected chi connectivity index (χ4v) is 4.45. The number of benzene rings is 1. The molecule has 10 heteroatoms. The van der Waals surface area contributed by atoms with Crippen LogP contribution in [0.3, 0.4) is 0 Å². The second kappa shape index (κ2) is 8.34. The van der Waals surface area contributed by atoms with E-state index < -0.39 is 24.1 Å². The zero-order valence-electron chi connectivity index (χ0n) is 18.0. The summed E-state index contributed by atoms with van der Waals surface area (Å²) in [6, 6.07) is 2.23. The fraction of sp³-hybridized carbons (Fsp3) is 0.348. The number of hydrogen-bond acceptors (Lipinski definition) is 6. The van der Waals surface area contributed by atoms with Gasteiger partial charge in [-0.1, -0.05) is 0 Å². The topological polar surface area (TPSA) is 114 Å². The Morgan fingerprint density at radius 2 is 2.09 bits per heavy atom. The first-order chi connectivity index (χ1) is 15.9. The number of halogens is 2. The summed E-state index contributed by atoms with van der Waals surface area (Å²) in [5.74, 6) is 0.163. The molecule has 172 valence electrons. The molecule has 1 aliphatic carbocycles. The van der Waals surface area contributed by atoms with E-state index in [2.05, 4.69) is 25.9 Å². The molecule has 0 bridgehead atoms. The number of carbonyl (C=O) groups excluding carboxylic acids is 1. The Morgan fingerprint density at radius 3 is 2.88 bits per heavy atom. The Balaban J connectivity index is 1.48. The van der Waals surface area contributed by atoms with Gasteiger partial charge < -0.3 is 21.1 Å². The van der Waals surface area contributed by atoms with Gasteiger partial charge >= 0.3 is 6.03 Å². The standard InChI is InChI=1S/C23H24F2N6O2/c1-11-14(9-29-22-21(11)27-5-6-33-22)13-7-12-8-18(28-10-15(12)20(26)19(13)25)31-23(32)30-17-4-2-3-16(17)24/h7-10,16-17,27H,2-6,26H2,1H3,(H2,28,30,31,32)/t16-,17-/m0/s1. The highest BCUT2D eigenvalue weighted by Gasteiger charge is 2.28. The minimum atomic E-state index is -1.04. The van der Waals surface area contributed by atoms with Crippen LogP contribution in [0.1, 0.15) is 24.8 Å². The first kappa shape index (κ1) is 21.2. The number of fused-ring (bicyclic) bond motifs is 2. The van der Waals surface area contributed by atoms with E-state index in [9.17, 15) is 9.18 Å². The van der Waals surface area contributed by atoms with Crippen molar-refractivity contribution in [3.63, 3.8) is 0 Å². The van der Waals surface area contributed by atoms with E-state index in [0.717, 1.165) is 17.7 Å². The third kappa shape index (κ3) is 3.85. The highest BCUT2D eigenvalue weighted by atomic mass is 19.1. The van der Waals surface area contributed by atoms with Crippen molar-refractivity contribution >= 4 is 34.0 Å². The maximum absolute atomic E-state index is 15.3. The third-order valence-electron chi connectivity index (χ3n) is 6.23. The number of anilines is 3. The normalized spacial score (nSPS) is 19.5. The fourth-order valence-electron chi connectivity index (χ4n) is 4.45. The molecule has 5 N–H and O–H groups in total. The zero-order valence-corrected chi connectivity index (χ0v) is 18.0. The lowest BCUT2D eigenvalue weighted by Gasteiger charge is -2.22. The molecule has 0 spiro atoms. The van der Waals surface area contributed by atoms with Gasteiger partial charge in [0.1, 0.15) is 24.3 Å². The number of nitrogen functional groups attached to an aromatic ring is 1. The Labute approximate surface area is 188 Å². The molecule has 2 aliphatic rings. The van der Waals surface area contributed by atoms with Crippen molar-refractivity contribution in [1.82, 2.24) is 15.3 Å². The number of hydrogen-bond donors (Lipinski definition) is 4. The number of alkyl halides is 1. The van der Waals surface area contributed by atoms with Crippen molar-refractivity contribution in [2.45, 2.75) is 38.4 Å². The molecule has 0 saturated heterocycles. The van der Waals surface area contributed by atoms with Crippen molar-refractivity contribution < 1.29 is 18.3 Å². The number of aromatic nitrogens is 2. The summed E-state index contributed by atoms with van der Waals surface area (Å²) in [7, 11) is 0. The molecule has 2 aromatic heterocycles. The van der Waals surface area contributed by atoms with E-state index in [0.29, 0.717) is 48.2 Å². The number of pyridine rings is 2. The highest BCUT2D eigenvalue weighted by molar-refractivity contribution is 6.00. The second-order valence-corrected chi connectivity index (χ2v) is 8.35. The van der Waals surface area contributed by atoms with Crippen LogP contribution in [0.15, 0.2) is 24.5 Å². The Hall–Kier alpha value is -3.69. The minimum absolute atomic E-state index is 0.0430. The molecular weight excluding hydrogens is 430 g/mol. The molecule has 1 fully saturated rings. The summed E-state index contributed by atoms with van der Waals surface area (Å²) in [4.78, 5) is 20.8. The van der Waals surface area contributed by atoms with Crippen LogP contribution in [0.4, 0.5) is 30.8 Å². The number of nitrogens with one attached hydrogen (secondary N) is 3. The number of amides is 2. The van der Waals surface area contributed by atoms with Gasteiger partial charge in [0, 0.05) is 35.5 Å². The predicted molar refractivity (Wildman–Crippen MR) is 123 cm³/mol. The van der Waals surface area contributed by atoms with Crippen LogP contribution in [0.2, 0.25) is 0 Å². The second-order valence-electron chi connectivity index (χ2n) is 8.35. The summed E-state index contributed by atoms with van der Waals surface area (Å²) in [5, 5.41) is 9.53. The average Bonchev–Trinajstić information content (AvgIpc) is 3.21. The maximum Gasteiger partial charge on any atom is 0.320 e. The molecule has 3 aromatic rings. The van der Waals surface area contributed by atoms with Crippen LogP contribution < -0.4 is 26.4 Å². The molecule has 1 aliphatic heterocycles. The smallest absolute Gasteiger partial charge is 0.320 e. The molecule has 2 amide bonds. The molecule has 33 heavy (non-hydrogen) atoms. The minimum Gasteiger partial charge on any atom is -0.474 e. The zero-order chi connectivity index (χ0) is 23.1. The van der Waals surface area contributed by atoms with E-state index in [1.165, 1.54) is 6.20 Å². The molecule has 1 saturated carbocycles. The number of nitrogens with zero attached hydrogens (tertiary/aromatic N) is 2. The summed E-state index contributed by atoms with van der Waals surface area (Å²) >= 11 is 0. The maximum atomic E-state index is 15.3. The molecule has 5 rings (SSSR count). The van der Waals surface area contributed by atoms with Gasteiger partial charge in [0.05, 0.1) is 11.7 Å². The lowest BCUT2D eigenvalue weighted by molar-refractivity contribution is 0.235. The van der Waals surface area contributed by atoms with E-state index in [-0.39, 0.29) is 17.1 Å². The van der Waals surface area contributed by atoms with Gasteiger partial charge in [-0.05, 0) is 49.3 Å². The summed E-state index contributed by atoms with van der Waals surface area (Å²) in [6.07, 6.45) is 3.73. The van der Waals surface area contributed by atoms with Gasteiger partial charge in [-0.3, -0.25) is 5.32 Å². The van der Waals surface area contributed by atoms with Crippen LogP contribution in [-0.4, -0.2) is 41.4 Å². The van der Waals surface area contributed by atoms with Crippen LogP contribution in [0.5, 0.6) is 5.88 Å². The number of nitrogens with two attached hydrogens (primary N) is 1. The Bertz CT molecular complexity index is 1250. The summed E-state index contributed by atoms with van der Waals surface area (Å²) in [5.41, 5.74) is 8.44. The SMILES string of the molecule is Cc1c(-c2cc3cc(NC(=O)N[C@H]4CCC[C@@H]4F)ncc3c(N)c2F)cnc2c1NCCO2. The quantitative estimate of drug-likeness (QED) is 0.442. The van der Waals surface area contributed by atoms with E-state index in [1.54, 1.807) is 18.3 Å². The lowest BCUT2D eigenvalue weighted by atomic mass is 9.97. The molecule has 2 atom stereocenters. The summed E-state index contributed by atoms with van der Waals surface area (Å²) in [6.45, 7) is 3.01. The molecular formula is C23H24F2N6O2. The van der Waals surface area contributed by atoms with E-state index in [4.69, 9.17) is 10.5 Å². The van der Waals surface area contributed by atoms with Gasteiger partial charge in [0.15, 0.2) is 5.82 Å². The number of urea groups is 1. The predicted octanol–water partition coefficient (Wildman–Crippen LogP) is 4.14. The first-order valence-electron chi connectivity index (χ1n) is 10.9. The van der Waals surface area contributed by atoms with Crippen molar-refractivity contribution in [1.29, 1.82) is 0 Å². The monoisotopic (exact) mass is 454 g/mol.